The van der Waals surface area contributed by atoms with Crippen molar-refractivity contribution in [3.05, 3.63) is 58.9 Å². The smallest absolute Gasteiger partial charge is 0.125 e. The van der Waals surface area contributed by atoms with Gasteiger partial charge in [0.2, 0.25) is 0 Å². The van der Waals surface area contributed by atoms with Crippen LogP contribution in [0.3, 0.4) is 0 Å². The molecule has 0 spiro atoms. The molecule has 0 unspecified atom stereocenters. The molecule has 2 aromatic rings. The SMILES string of the molecule is CCc1ccc(CN2C[C@H]3C[C@@H](Oc4cccc(Cl)c4)[C@H](O)C[C@H]3C2)nc1. The Morgan fingerprint density at radius 3 is 2.70 bits per heavy atom. The summed E-state index contributed by atoms with van der Waals surface area (Å²) in [5.74, 6) is 1.83. The summed E-state index contributed by atoms with van der Waals surface area (Å²) < 4.78 is 6.07. The van der Waals surface area contributed by atoms with E-state index >= 15 is 0 Å². The molecule has 2 aliphatic rings. The number of aliphatic hydroxyl groups excluding tert-OH is 1. The third-order valence-electron chi connectivity index (χ3n) is 5.92. The summed E-state index contributed by atoms with van der Waals surface area (Å²) in [7, 11) is 0. The fourth-order valence-electron chi connectivity index (χ4n) is 4.45. The van der Waals surface area contributed by atoms with Crippen LogP contribution in [-0.4, -0.2) is 40.3 Å². The molecule has 1 saturated heterocycles. The molecule has 1 saturated carbocycles. The maximum absolute atomic E-state index is 10.6. The lowest BCUT2D eigenvalue weighted by atomic mass is 9.78. The van der Waals surface area contributed by atoms with E-state index in [1.54, 1.807) is 0 Å². The van der Waals surface area contributed by atoms with Gasteiger partial charge in [0.1, 0.15) is 11.9 Å². The second-order valence-electron chi connectivity index (χ2n) is 7.88. The molecule has 5 heteroatoms. The zero-order valence-corrected chi connectivity index (χ0v) is 16.5. The summed E-state index contributed by atoms with van der Waals surface area (Å²) in [6, 6.07) is 11.7. The second kappa shape index (κ2) is 8.17. The van der Waals surface area contributed by atoms with Crippen molar-refractivity contribution < 1.29 is 9.84 Å². The average molecular weight is 387 g/mol. The topological polar surface area (TPSA) is 45.6 Å². The first-order chi connectivity index (χ1) is 13.1. The number of pyridine rings is 1. The predicted octanol–water partition coefficient (Wildman–Crippen LogP) is 3.95. The molecule has 0 bridgehead atoms. The molecule has 2 heterocycles. The molecule has 4 rings (SSSR count). The first-order valence-electron chi connectivity index (χ1n) is 9.87. The van der Waals surface area contributed by atoms with Gasteiger partial charge in [-0.15, -0.1) is 0 Å². The molecule has 1 aliphatic heterocycles. The molecule has 1 aromatic heterocycles. The maximum atomic E-state index is 10.6. The second-order valence-corrected chi connectivity index (χ2v) is 8.31. The van der Waals surface area contributed by atoms with Crippen LogP contribution < -0.4 is 4.74 Å². The lowest BCUT2D eigenvalue weighted by molar-refractivity contribution is -0.0231. The number of ether oxygens (including phenoxy) is 1. The Balaban J connectivity index is 1.36. The van der Waals surface area contributed by atoms with Crippen molar-refractivity contribution in [2.45, 2.75) is 44.9 Å². The molecule has 0 amide bonds. The fraction of sp³-hybridized carbons (Fsp3) is 0.500. The van der Waals surface area contributed by atoms with Crippen molar-refractivity contribution in [3.63, 3.8) is 0 Å². The molecule has 0 radical (unpaired) electrons. The first kappa shape index (κ1) is 18.7. The number of hydrogen-bond donors (Lipinski definition) is 1. The minimum atomic E-state index is -0.424. The van der Waals surface area contributed by atoms with Crippen LogP contribution in [0.2, 0.25) is 5.02 Å². The van der Waals surface area contributed by atoms with E-state index in [4.69, 9.17) is 16.3 Å². The van der Waals surface area contributed by atoms with Gasteiger partial charge in [-0.25, -0.2) is 0 Å². The molecule has 2 fully saturated rings. The van der Waals surface area contributed by atoms with E-state index in [2.05, 4.69) is 28.9 Å². The summed E-state index contributed by atoms with van der Waals surface area (Å²) in [6.45, 7) is 5.11. The Morgan fingerprint density at radius 1 is 1.19 bits per heavy atom. The van der Waals surface area contributed by atoms with Gasteiger partial charge in [0.25, 0.3) is 0 Å². The van der Waals surface area contributed by atoms with Crippen LogP contribution in [0.5, 0.6) is 5.75 Å². The van der Waals surface area contributed by atoms with Crippen LogP contribution in [0, 0.1) is 11.8 Å². The Kier molecular flexibility index (Phi) is 5.67. The molecule has 144 valence electrons. The van der Waals surface area contributed by atoms with Crippen molar-refractivity contribution in [2.24, 2.45) is 11.8 Å². The normalized spacial score (nSPS) is 28.1. The van der Waals surface area contributed by atoms with E-state index in [-0.39, 0.29) is 6.10 Å². The van der Waals surface area contributed by atoms with Gasteiger partial charge in [-0.1, -0.05) is 30.7 Å². The number of hydrogen-bond acceptors (Lipinski definition) is 4. The highest BCUT2D eigenvalue weighted by Gasteiger charge is 2.42. The van der Waals surface area contributed by atoms with E-state index < -0.39 is 6.10 Å². The van der Waals surface area contributed by atoms with Crippen molar-refractivity contribution in [1.82, 2.24) is 9.88 Å². The Bertz CT molecular complexity index is 767. The third kappa shape index (κ3) is 4.45. The number of nitrogens with zero attached hydrogens (tertiary/aromatic N) is 2. The summed E-state index contributed by atoms with van der Waals surface area (Å²) in [5, 5.41) is 11.2. The standard InChI is InChI=1S/C22H27ClN2O2/c1-2-15-6-7-19(24-11-15)14-25-12-16-8-21(26)22(9-17(16)13-25)27-20-5-3-4-18(23)10-20/h3-7,10-11,16-17,21-22,26H,2,8-9,12-14H2,1H3/t16-,17+,21+,22+/m0/s1. The van der Waals surface area contributed by atoms with Crippen LogP contribution in [-0.2, 0) is 13.0 Å². The maximum Gasteiger partial charge on any atom is 0.125 e. The Labute approximate surface area is 166 Å². The van der Waals surface area contributed by atoms with E-state index in [1.165, 1.54) is 5.56 Å². The highest BCUT2D eigenvalue weighted by atomic mass is 35.5. The van der Waals surface area contributed by atoms with Gasteiger partial charge in [0.15, 0.2) is 0 Å². The lowest BCUT2D eigenvalue weighted by Gasteiger charge is -2.35. The number of aliphatic hydroxyl groups is 1. The monoisotopic (exact) mass is 386 g/mol. The number of aryl methyl sites for hydroxylation is 1. The molecule has 4 atom stereocenters. The van der Waals surface area contributed by atoms with Gasteiger partial charge in [-0.3, -0.25) is 9.88 Å². The summed E-state index contributed by atoms with van der Waals surface area (Å²) in [4.78, 5) is 7.07. The van der Waals surface area contributed by atoms with Crippen LogP contribution in [0.1, 0.15) is 31.0 Å². The minimum Gasteiger partial charge on any atom is -0.488 e. The number of likely N-dealkylation sites (tertiary alicyclic amines) is 1. The predicted molar refractivity (Wildman–Crippen MR) is 107 cm³/mol. The number of aromatic nitrogens is 1. The third-order valence-corrected chi connectivity index (χ3v) is 6.16. The van der Waals surface area contributed by atoms with Crippen LogP contribution in [0.4, 0.5) is 0 Å². The van der Waals surface area contributed by atoms with Crippen LogP contribution in [0.15, 0.2) is 42.6 Å². The highest BCUT2D eigenvalue weighted by Crippen LogP contribution is 2.38. The van der Waals surface area contributed by atoms with E-state index in [0.717, 1.165) is 50.3 Å². The molecule has 27 heavy (non-hydrogen) atoms. The van der Waals surface area contributed by atoms with Gasteiger partial charge in [0.05, 0.1) is 11.8 Å². The van der Waals surface area contributed by atoms with Gasteiger partial charge >= 0.3 is 0 Å². The largest absolute Gasteiger partial charge is 0.488 e. The number of fused-ring (bicyclic) bond motifs is 1. The average Bonchev–Trinajstić information content (AvgIpc) is 3.03. The van der Waals surface area contributed by atoms with Gasteiger partial charge in [0, 0.05) is 30.9 Å². The molecule has 1 N–H and O–H groups in total. The summed E-state index contributed by atoms with van der Waals surface area (Å²) in [5.41, 5.74) is 2.40. The molecular formula is C22H27ClN2O2. The van der Waals surface area contributed by atoms with Gasteiger partial charge in [-0.2, -0.15) is 0 Å². The fourth-order valence-corrected chi connectivity index (χ4v) is 4.63. The number of halogens is 1. The first-order valence-corrected chi connectivity index (χ1v) is 10.2. The summed E-state index contributed by atoms with van der Waals surface area (Å²) >= 11 is 6.05. The zero-order valence-electron chi connectivity index (χ0n) is 15.7. The van der Waals surface area contributed by atoms with E-state index in [9.17, 15) is 5.11 Å². The van der Waals surface area contributed by atoms with Gasteiger partial charge in [-0.05, 0) is 60.9 Å². The quantitative estimate of drug-likeness (QED) is 0.845. The lowest BCUT2D eigenvalue weighted by Crippen LogP contribution is -2.42. The van der Waals surface area contributed by atoms with Gasteiger partial charge < -0.3 is 9.84 Å². The van der Waals surface area contributed by atoms with Crippen molar-refractivity contribution in [3.8, 4) is 5.75 Å². The van der Waals surface area contributed by atoms with E-state index in [1.807, 2.05) is 30.5 Å². The zero-order chi connectivity index (χ0) is 18.8. The highest BCUT2D eigenvalue weighted by molar-refractivity contribution is 6.30. The molecule has 1 aliphatic carbocycles. The Hall–Kier alpha value is -1.62. The number of rotatable bonds is 5. The minimum absolute atomic E-state index is 0.161. The van der Waals surface area contributed by atoms with Crippen LogP contribution in [0.25, 0.3) is 0 Å². The molecular weight excluding hydrogens is 360 g/mol. The molecule has 1 aromatic carbocycles. The summed E-state index contributed by atoms with van der Waals surface area (Å²) in [6.07, 6.45) is 4.11. The molecule has 4 nitrogen and oxygen atoms in total. The number of benzene rings is 1. The van der Waals surface area contributed by atoms with E-state index in [0.29, 0.717) is 16.9 Å². The van der Waals surface area contributed by atoms with Crippen molar-refractivity contribution in [2.75, 3.05) is 13.1 Å². The Morgan fingerprint density at radius 2 is 2.00 bits per heavy atom. The van der Waals surface area contributed by atoms with Crippen LogP contribution >= 0.6 is 11.6 Å². The van der Waals surface area contributed by atoms with Crippen molar-refractivity contribution in [1.29, 1.82) is 0 Å². The van der Waals surface area contributed by atoms with Crippen molar-refractivity contribution >= 4 is 11.6 Å².